The molecule has 1 saturated heterocycles. The molecule has 2 aromatic rings. The van der Waals surface area contributed by atoms with Gasteiger partial charge in [-0.25, -0.2) is 4.39 Å². The van der Waals surface area contributed by atoms with E-state index in [1.807, 2.05) is 0 Å². The predicted molar refractivity (Wildman–Crippen MR) is 108 cm³/mol. The van der Waals surface area contributed by atoms with Crippen LogP contribution in [0.3, 0.4) is 0 Å². The lowest BCUT2D eigenvalue weighted by atomic mass is 9.94. The van der Waals surface area contributed by atoms with Crippen molar-refractivity contribution in [3.8, 4) is 5.75 Å². The Morgan fingerprint density at radius 1 is 1.13 bits per heavy atom. The maximum absolute atomic E-state index is 13.8. The van der Waals surface area contributed by atoms with Gasteiger partial charge in [0.15, 0.2) is 6.04 Å². The molecule has 0 radical (unpaired) electrons. The number of hydrogen-bond donors (Lipinski definition) is 1. The van der Waals surface area contributed by atoms with Crippen molar-refractivity contribution in [2.24, 2.45) is 5.73 Å². The third-order valence-corrected chi connectivity index (χ3v) is 6.05. The van der Waals surface area contributed by atoms with E-state index in [1.165, 1.54) is 6.07 Å². The Kier molecular flexibility index (Phi) is 5.85. The molecule has 1 aliphatic rings. The summed E-state index contributed by atoms with van der Waals surface area (Å²) in [6.07, 6.45) is -0.445. The first-order valence-electron chi connectivity index (χ1n) is 9.94. The number of quaternary nitrogens is 1. The zero-order valence-corrected chi connectivity index (χ0v) is 17.4. The van der Waals surface area contributed by atoms with Crippen molar-refractivity contribution in [3.63, 3.8) is 0 Å². The van der Waals surface area contributed by atoms with E-state index in [-0.39, 0.29) is 12.4 Å². The molecule has 6 nitrogen and oxygen atoms in total. The summed E-state index contributed by atoms with van der Waals surface area (Å²) in [4.78, 5) is 24.5. The molecule has 1 aliphatic heterocycles. The van der Waals surface area contributed by atoms with Crippen LogP contribution in [0.5, 0.6) is 5.75 Å². The van der Waals surface area contributed by atoms with Crippen LogP contribution in [0.25, 0.3) is 0 Å². The van der Waals surface area contributed by atoms with Gasteiger partial charge in [0.05, 0.1) is 5.54 Å². The molecule has 0 bridgehead atoms. The van der Waals surface area contributed by atoms with Crippen molar-refractivity contribution in [3.05, 3.63) is 65.5 Å². The van der Waals surface area contributed by atoms with Crippen molar-refractivity contribution in [1.82, 2.24) is 0 Å². The van der Waals surface area contributed by atoms with Gasteiger partial charge in [-0.3, -0.25) is 9.28 Å². The molecule has 3 atom stereocenters. The number of primary amides is 1. The van der Waals surface area contributed by atoms with Gasteiger partial charge < -0.3 is 20.4 Å². The number of carbonyl (C=O) groups is 2. The summed E-state index contributed by atoms with van der Waals surface area (Å²) >= 11 is 0. The smallest absolute Gasteiger partial charge is 0.276 e. The van der Waals surface area contributed by atoms with Gasteiger partial charge in [-0.05, 0) is 51.1 Å². The molecule has 7 heteroatoms. The molecule has 0 spiro atoms. The van der Waals surface area contributed by atoms with E-state index in [0.717, 1.165) is 5.56 Å². The number of ether oxygens (including phenoxy) is 1. The standard InChI is InChI=1S/C23H27FN2O4/c1-23(2,3)26(22(28)29)19(12-13-20(26)21(25)27)15-8-10-17(11-9-15)30-14-16-6-4-5-7-18(16)24/h4-11,19-20H,12-14H2,1-3H3,(H2-,25,27,28,29)/t19-,20-,26?/m0/s1. The fourth-order valence-electron chi connectivity index (χ4n) is 4.71. The first-order valence-corrected chi connectivity index (χ1v) is 9.94. The van der Waals surface area contributed by atoms with Gasteiger partial charge in [0.2, 0.25) is 0 Å². The van der Waals surface area contributed by atoms with Gasteiger partial charge in [0.25, 0.3) is 12.0 Å². The molecule has 0 aromatic heterocycles. The van der Waals surface area contributed by atoms with Crippen LogP contribution in [0.15, 0.2) is 48.5 Å². The number of nitrogens with two attached hydrogens (primary N) is 1. The predicted octanol–water partition coefficient (Wildman–Crippen LogP) is 3.05. The zero-order chi connectivity index (χ0) is 22.1. The highest BCUT2D eigenvalue weighted by Gasteiger charge is 2.60. The topological polar surface area (TPSA) is 92.5 Å². The van der Waals surface area contributed by atoms with Gasteiger partial charge >= 0.3 is 0 Å². The monoisotopic (exact) mass is 414 g/mol. The molecule has 1 fully saturated rings. The van der Waals surface area contributed by atoms with Crippen molar-refractivity contribution in [2.75, 3.05) is 0 Å². The van der Waals surface area contributed by atoms with Crippen molar-refractivity contribution in [2.45, 2.75) is 57.8 Å². The van der Waals surface area contributed by atoms with E-state index in [9.17, 15) is 19.1 Å². The Labute approximate surface area is 175 Å². The van der Waals surface area contributed by atoms with Gasteiger partial charge in [0.1, 0.15) is 24.2 Å². The number of amides is 2. The lowest BCUT2D eigenvalue weighted by Gasteiger charge is -2.52. The number of carbonyl (C=O) groups excluding carboxylic acids is 2. The maximum atomic E-state index is 13.8. The van der Waals surface area contributed by atoms with E-state index in [2.05, 4.69) is 0 Å². The van der Waals surface area contributed by atoms with Crippen molar-refractivity contribution >= 4 is 12.0 Å². The summed E-state index contributed by atoms with van der Waals surface area (Å²) in [5, 5.41) is 12.4. The van der Waals surface area contributed by atoms with Gasteiger partial charge in [0, 0.05) is 24.0 Å². The van der Waals surface area contributed by atoms with Crippen molar-refractivity contribution in [1.29, 1.82) is 0 Å². The number of rotatable bonds is 5. The molecule has 30 heavy (non-hydrogen) atoms. The number of nitrogens with zero attached hydrogens (tertiary/aromatic N) is 1. The normalized spacial score (nSPS) is 23.9. The van der Waals surface area contributed by atoms with Crippen molar-refractivity contribution < 1.29 is 28.3 Å². The van der Waals surface area contributed by atoms with Gasteiger partial charge in [-0.2, -0.15) is 0 Å². The second-order valence-electron chi connectivity index (χ2n) is 8.67. The van der Waals surface area contributed by atoms with Crippen LogP contribution in [0.2, 0.25) is 0 Å². The molecule has 1 unspecified atom stereocenters. The molecule has 0 aliphatic carbocycles. The van der Waals surface area contributed by atoms with E-state index in [1.54, 1.807) is 63.2 Å². The van der Waals surface area contributed by atoms with E-state index in [4.69, 9.17) is 10.5 Å². The molecular formula is C23H27FN2O4. The lowest BCUT2D eigenvalue weighted by Crippen LogP contribution is -2.72. The summed E-state index contributed by atoms with van der Waals surface area (Å²) in [7, 11) is 0. The Hall–Kier alpha value is -2.93. The average molecular weight is 414 g/mol. The Bertz CT molecular complexity index is 939. The Morgan fingerprint density at radius 3 is 2.30 bits per heavy atom. The second kappa shape index (κ2) is 8.07. The third-order valence-electron chi connectivity index (χ3n) is 6.05. The minimum atomic E-state index is -1.31. The first-order chi connectivity index (χ1) is 14.1. The van der Waals surface area contributed by atoms with Crippen LogP contribution < -0.4 is 15.6 Å². The van der Waals surface area contributed by atoms with Gasteiger partial charge in [-0.1, -0.05) is 18.2 Å². The van der Waals surface area contributed by atoms with Crippen LogP contribution in [0.4, 0.5) is 9.18 Å². The minimum absolute atomic E-state index is 0.0836. The Balaban J connectivity index is 1.88. The van der Waals surface area contributed by atoms with E-state index in [0.29, 0.717) is 24.2 Å². The summed E-state index contributed by atoms with van der Waals surface area (Å²) in [6, 6.07) is 12.1. The summed E-state index contributed by atoms with van der Waals surface area (Å²) in [5.74, 6) is -0.436. The van der Waals surface area contributed by atoms with Crippen LogP contribution in [0.1, 0.15) is 50.8 Å². The van der Waals surface area contributed by atoms with Crippen LogP contribution in [0, 0.1) is 5.82 Å². The first kappa shape index (κ1) is 21.8. The molecular weight excluding hydrogens is 387 g/mol. The third kappa shape index (κ3) is 3.65. The van der Waals surface area contributed by atoms with Crippen LogP contribution in [-0.4, -0.2) is 28.1 Å². The van der Waals surface area contributed by atoms with E-state index >= 15 is 0 Å². The van der Waals surface area contributed by atoms with Crippen LogP contribution in [-0.2, 0) is 11.4 Å². The molecule has 2 aromatic carbocycles. The fraction of sp³-hybridized carbons (Fsp3) is 0.391. The number of carboxylic acid groups (broad SMARTS) is 1. The highest BCUT2D eigenvalue weighted by Crippen LogP contribution is 2.49. The highest BCUT2D eigenvalue weighted by molar-refractivity contribution is 5.81. The number of benzene rings is 2. The number of halogens is 1. The van der Waals surface area contributed by atoms with Crippen LogP contribution >= 0.6 is 0 Å². The molecule has 0 saturated carbocycles. The summed E-state index contributed by atoms with van der Waals surface area (Å²) in [6.45, 7) is 5.43. The van der Waals surface area contributed by atoms with Gasteiger partial charge in [-0.15, -0.1) is 0 Å². The zero-order valence-electron chi connectivity index (χ0n) is 17.4. The number of likely N-dealkylation sites (tertiary alicyclic amines) is 1. The van der Waals surface area contributed by atoms with E-state index < -0.39 is 34.1 Å². The summed E-state index contributed by atoms with van der Waals surface area (Å²) < 4.78 is 18.9. The minimum Gasteiger partial charge on any atom is -0.498 e. The lowest BCUT2D eigenvalue weighted by molar-refractivity contribution is -0.948. The molecule has 3 rings (SSSR count). The quantitative estimate of drug-likeness (QED) is 0.761. The maximum Gasteiger partial charge on any atom is 0.276 e. The fourth-order valence-corrected chi connectivity index (χ4v) is 4.71. The SMILES string of the molecule is CC(C)(C)[N+]1(C(=O)[O-])[C@H](C(N)=O)CC[C@H]1c1ccc(OCc2ccccc2F)cc1. The molecule has 2 amide bonds. The molecule has 2 N–H and O–H groups in total. The highest BCUT2D eigenvalue weighted by atomic mass is 19.1. The largest absolute Gasteiger partial charge is 0.498 e. The second-order valence-corrected chi connectivity index (χ2v) is 8.67. The average Bonchev–Trinajstić information content (AvgIpc) is 3.10. The molecule has 160 valence electrons. The molecule has 1 heterocycles. The summed E-state index contributed by atoms with van der Waals surface area (Å²) in [5.41, 5.74) is 5.98. The Morgan fingerprint density at radius 2 is 1.77 bits per heavy atom. The number of hydrogen-bond acceptors (Lipinski definition) is 4.